The largest absolute Gasteiger partial charge is 0.317 e. The molecule has 1 unspecified atom stereocenters. The molecule has 1 aromatic heterocycles. The SMILES string of the molecule is [C-]#[N+]CCCN1C(=O)c2cccc3c(CC(=O)C4CCCCN4S(=O)(=O)c4cccs4)ccc1c23. The third kappa shape index (κ3) is 4.16. The molecule has 1 fully saturated rings. The molecule has 2 aliphatic heterocycles. The number of thiophene rings is 1. The Morgan fingerprint density at radius 1 is 1.14 bits per heavy atom. The topological polar surface area (TPSA) is 79.1 Å². The average molecular weight is 508 g/mol. The predicted molar refractivity (Wildman–Crippen MR) is 136 cm³/mol. The van der Waals surface area contributed by atoms with Gasteiger partial charge in [0.15, 0.2) is 5.78 Å². The van der Waals surface area contributed by atoms with Crippen molar-refractivity contribution in [3.63, 3.8) is 0 Å². The van der Waals surface area contributed by atoms with E-state index in [2.05, 4.69) is 4.85 Å². The number of amides is 1. The van der Waals surface area contributed by atoms with Crippen molar-refractivity contribution < 1.29 is 18.0 Å². The van der Waals surface area contributed by atoms with Gasteiger partial charge in [-0.3, -0.25) is 9.59 Å². The van der Waals surface area contributed by atoms with Gasteiger partial charge in [-0.15, -0.1) is 11.3 Å². The van der Waals surface area contributed by atoms with E-state index in [1.807, 2.05) is 24.3 Å². The Morgan fingerprint density at radius 3 is 2.77 bits per heavy atom. The fourth-order valence-corrected chi connectivity index (χ4v) is 7.93. The van der Waals surface area contributed by atoms with Crippen LogP contribution in [0, 0.1) is 6.57 Å². The summed E-state index contributed by atoms with van der Waals surface area (Å²) in [5.41, 5.74) is 2.21. The monoisotopic (exact) mass is 507 g/mol. The maximum absolute atomic E-state index is 13.5. The molecule has 180 valence electrons. The number of rotatable bonds is 8. The Balaban J connectivity index is 1.45. The second-order valence-electron chi connectivity index (χ2n) is 8.87. The number of carbonyl (C=O) groups is 2. The summed E-state index contributed by atoms with van der Waals surface area (Å²) in [6.07, 6.45) is 2.76. The zero-order valence-corrected chi connectivity index (χ0v) is 20.8. The normalized spacial score (nSPS) is 18.2. The van der Waals surface area contributed by atoms with Crippen LogP contribution in [-0.2, 0) is 21.2 Å². The van der Waals surface area contributed by atoms with Crippen LogP contribution in [0.5, 0.6) is 0 Å². The van der Waals surface area contributed by atoms with E-state index in [1.54, 1.807) is 28.5 Å². The lowest BCUT2D eigenvalue weighted by Crippen LogP contribution is -2.48. The van der Waals surface area contributed by atoms with Gasteiger partial charge in [0.1, 0.15) is 4.21 Å². The summed E-state index contributed by atoms with van der Waals surface area (Å²) in [4.78, 5) is 31.6. The molecular weight excluding hydrogens is 482 g/mol. The number of nitrogens with zero attached hydrogens (tertiary/aromatic N) is 3. The van der Waals surface area contributed by atoms with Gasteiger partial charge in [0.05, 0.1) is 11.7 Å². The van der Waals surface area contributed by atoms with Crippen molar-refractivity contribution in [2.24, 2.45) is 0 Å². The van der Waals surface area contributed by atoms with Crippen molar-refractivity contribution in [3.8, 4) is 0 Å². The van der Waals surface area contributed by atoms with Crippen molar-refractivity contribution in [3.05, 3.63) is 70.4 Å². The van der Waals surface area contributed by atoms with Crippen molar-refractivity contribution in [1.82, 2.24) is 4.31 Å². The number of anilines is 1. The van der Waals surface area contributed by atoms with Gasteiger partial charge in [-0.25, -0.2) is 15.0 Å². The van der Waals surface area contributed by atoms with Crippen molar-refractivity contribution in [1.29, 1.82) is 0 Å². The maximum Gasteiger partial charge on any atom is 0.259 e. The second-order valence-corrected chi connectivity index (χ2v) is 11.9. The van der Waals surface area contributed by atoms with Crippen molar-refractivity contribution in [2.75, 3.05) is 24.5 Å². The van der Waals surface area contributed by atoms with Gasteiger partial charge in [0, 0.05) is 36.9 Å². The van der Waals surface area contributed by atoms with Gasteiger partial charge in [0.2, 0.25) is 6.54 Å². The van der Waals surface area contributed by atoms with Crippen LogP contribution >= 0.6 is 11.3 Å². The van der Waals surface area contributed by atoms with E-state index in [0.717, 1.165) is 34.9 Å². The summed E-state index contributed by atoms with van der Waals surface area (Å²) in [5, 5.41) is 3.40. The Morgan fingerprint density at radius 2 is 2.00 bits per heavy atom. The third-order valence-electron chi connectivity index (χ3n) is 6.78. The molecule has 1 amide bonds. The Labute approximate surface area is 208 Å². The summed E-state index contributed by atoms with van der Waals surface area (Å²) >= 11 is 1.17. The molecule has 0 radical (unpaired) electrons. The minimum absolute atomic E-state index is 0.0837. The van der Waals surface area contributed by atoms with Crippen LogP contribution in [0.1, 0.15) is 41.6 Å². The zero-order valence-electron chi connectivity index (χ0n) is 19.1. The van der Waals surface area contributed by atoms with Gasteiger partial charge < -0.3 is 9.74 Å². The van der Waals surface area contributed by atoms with Crippen LogP contribution in [0.4, 0.5) is 5.69 Å². The molecule has 35 heavy (non-hydrogen) atoms. The average Bonchev–Trinajstić information content (AvgIpc) is 3.51. The number of Topliss-reactive ketones (excluding diaryl/α,β-unsaturated/α-hetero) is 1. The number of carbonyl (C=O) groups excluding carboxylic acids is 2. The quantitative estimate of drug-likeness (QED) is 0.332. The van der Waals surface area contributed by atoms with Gasteiger partial charge in [0.25, 0.3) is 15.9 Å². The fraction of sp³-hybridized carbons (Fsp3) is 0.346. The second kappa shape index (κ2) is 9.53. The van der Waals surface area contributed by atoms with E-state index >= 15 is 0 Å². The molecule has 1 atom stereocenters. The number of benzene rings is 2. The first kappa shape index (κ1) is 23.7. The summed E-state index contributed by atoms with van der Waals surface area (Å²) in [7, 11) is -3.72. The smallest absolute Gasteiger partial charge is 0.259 e. The molecule has 2 aliphatic rings. The number of piperidine rings is 1. The first-order valence-electron chi connectivity index (χ1n) is 11.7. The highest BCUT2D eigenvalue weighted by Gasteiger charge is 2.38. The molecule has 5 rings (SSSR count). The molecule has 3 heterocycles. The highest BCUT2D eigenvalue weighted by Crippen LogP contribution is 2.39. The zero-order chi connectivity index (χ0) is 24.6. The van der Waals surface area contributed by atoms with Gasteiger partial charge in [-0.05, 0) is 47.4 Å². The van der Waals surface area contributed by atoms with Crippen LogP contribution in [0.15, 0.2) is 52.1 Å². The molecule has 0 bridgehead atoms. The summed E-state index contributed by atoms with van der Waals surface area (Å²) in [6.45, 7) is 8.17. The minimum atomic E-state index is -3.72. The highest BCUT2D eigenvalue weighted by atomic mass is 32.2. The van der Waals surface area contributed by atoms with Crippen LogP contribution in [0.3, 0.4) is 0 Å². The van der Waals surface area contributed by atoms with Gasteiger partial charge in [-0.1, -0.05) is 30.7 Å². The summed E-state index contributed by atoms with van der Waals surface area (Å²) in [6, 6.07) is 11.9. The summed E-state index contributed by atoms with van der Waals surface area (Å²) < 4.78 is 28.1. The molecule has 0 aliphatic carbocycles. The number of hydrogen-bond donors (Lipinski definition) is 0. The van der Waals surface area contributed by atoms with Crippen LogP contribution in [-0.4, -0.2) is 50.1 Å². The third-order valence-corrected chi connectivity index (χ3v) is 10.1. The predicted octanol–water partition coefficient (Wildman–Crippen LogP) is 4.53. The van der Waals surface area contributed by atoms with E-state index in [4.69, 9.17) is 6.57 Å². The number of sulfonamides is 1. The van der Waals surface area contributed by atoms with E-state index in [-0.39, 0.29) is 22.3 Å². The molecule has 9 heteroatoms. The maximum atomic E-state index is 13.5. The van der Waals surface area contributed by atoms with Crippen molar-refractivity contribution in [2.45, 2.75) is 42.4 Å². The summed E-state index contributed by atoms with van der Waals surface area (Å²) in [5.74, 6) is -0.205. The molecule has 1 saturated heterocycles. The van der Waals surface area contributed by atoms with Crippen LogP contribution in [0.25, 0.3) is 15.6 Å². The minimum Gasteiger partial charge on any atom is -0.317 e. The fourth-order valence-electron chi connectivity index (χ4n) is 5.14. The van der Waals surface area contributed by atoms with E-state index < -0.39 is 16.1 Å². The molecule has 3 aromatic rings. The molecular formula is C26H25N3O4S2. The van der Waals surface area contributed by atoms with Crippen LogP contribution < -0.4 is 4.90 Å². The number of ketones is 1. The lowest BCUT2D eigenvalue weighted by molar-refractivity contribution is -0.122. The Kier molecular flexibility index (Phi) is 6.45. The lowest BCUT2D eigenvalue weighted by Gasteiger charge is -2.33. The molecule has 0 spiro atoms. The Bertz CT molecular complexity index is 1440. The lowest BCUT2D eigenvalue weighted by atomic mass is 9.93. The van der Waals surface area contributed by atoms with E-state index in [0.29, 0.717) is 38.0 Å². The number of hydrogen-bond acceptors (Lipinski definition) is 5. The van der Waals surface area contributed by atoms with E-state index in [9.17, 15) is 18.0 Å². The highest BCUT2D eigenvalue weighted by molar-refractivity contribution is 7.91. The molecule has 0 N–H and O–H groups in total. The van der Waals surface area contributed by atoms with Crippen molar-refractivity contribution >= 4 is 49.5 Å². The molecule has 7 nitrogen and oxygen atoms in total. The van der Waals surface area contributed by atoms with Gasteiger partial charge >= 0.3 is 0 Å². The van der Waals surface area contributed by atoms with E-state index in [1.165, 1.54) is 15.6 Å². The van der Waals surface area contributed by atoms with Crippen LogP contribution in [0.2, 0.25) is 0 Å². The first-order valence-corrected chi connectivity index (χ1v) is 14.0. The molecule has 2 aromatic carbocycles. The molecule has 0 saturated carbocycles. The standard InChI is InChI=1S/C26H25N3O4S2/c1-27-13-6-14-28-22-12-11-18(19-7-4-8-20(25(19)22)26(28)31)17-23(30)21-9-2-3-15-29(21)35(32,33)24-10-5-16-34-24/h4-5,7-8,10-12,16,21H,2-3,6,9,13-15,17H2. The Hall–Kier alpha value is -3.06. The first-order chi connectivity index (χ1) is 16.9. The van der Waals surface area contributed by atoms with Gasteiger partial charge in [-0.2, -0.15) is 4.31 Å².